The Labute approximate surface area is 119 Å². The SMILES string of the molecule is Cc1cc(NC(=O)c2cccc(NN)n2)ccc1Br. The Hall–Kier alpha value is -1.92. The Kier molecular flexibility index (Phi) is 4.13. The summed E-state index contributed by atoms with van der Waals surface area (Å²) < 4.78 is 0.998. The second-order valence-electron chi connectivity index (χ2n) is 3.97. The molecule has 0 saturated carbocycles. The Morgan fingerprint density at radius 3 is 2.79 bits per heavy atom. The molecule has 5 nitrogen and oxygen atoms in total. The molecule has 6 heteroatoms. The molecule has 0 saturated heterocycles. The van der Waals surface area contributed by atoms with E-state index >= 15 is 0 Å². The van der Waals surface area contributed by atoms with Gasteiger partial charge in [0.2, 0.25) is 0 Å². The van der Waals surface area contributed by atoms with Crippen LogP contribution < -0.4 is 16.6 Å². The van der Waals surface area contributed by atoms with Crippen LogP contribution in [0.3, 0.4) is 0 Å². The maximum atomic E-state index is 12.0. The summed E-state index contributed by atoms with van der Waals surface area (Å²) in [5.41, 5.74) is 4.47. The summed E-state index contributed by atoms with van der Waals surface area (Å²) in [7, 11) is 0. The van der Waals surface area contributed by atoms with Gasteiger partial charge < -0.3 is 10.7 Å². The van der Waals surface area contributed by atoms with Gasteiger partial charge in [0.15, 0.2) is 0 Å². The second-order valence-corrected chi connectivity index (χ2v) is 4.82. The number of carbonyl (C=O) groups is 1. The molecule has 1 aromatic carbocycles. The lowest BCUT2D eigenvalue weighted by molar-refractivity contribution is 0.102. The van der Waals surface area contributed by atoms with E-state index in [1.54, 1.807) is 18.2 Å². The quantitative estimate of drug-likeness (QED) is 0.600. The molecule has 1 amide bonds. The van der Waals surface area contributed by atoms with Crippen molar-refractivity contribution >= 4 is 33.3 Å². The van der Waals surface area contributed by atoms with Crippen LogP contribution >= 0.6 is 15.9 Å². The molecule has 0 radical (unpaired) electrons. The first kappa shape index (κ1) is 13.5. The fourth-order valence-electron chi connectivity index (χ4n) is 1.56. The number of amides is 1. The van der Waals surface area contributed by atoms with Crippen LogP contribution in [0.4, 0.5) is 11.5 Å². The lowest BCUT2D eigenvalue weighted by atomic mass is 10.2. The molecule has 19 heavy (non-hydrogen) atoms. The summed E-state index contributed by atoms with van der Waals surface area (Å²) in [6.07, 6.45) is 0. The summed E-state index contributed by atoms with van der Waals surface area (Å²) in [4.78, 5) is 16.1. The standard InChI is InChI=1S/C13H13BrN4O/c1-8-7-9(5-6-10(8)14)16-13(19)11-3-2-4-12(17-11)18-15/h2-7H,15H2,1H3,(H,16,19)(H,17,18). The van der Waals surface area contributed by atoms with Crippen molar-refractivity contribution in [3.05, 3.63) is 52.1 Å². The van der Waals surface area contributed by atoms with Gasteiger partial charge in [-0.05, 0) is 42.8 Å². The predicted octanol–water partition coefficient (Wildman–Crippen LogP) is 2.69. The van der Waals surface area contributed by atoms with Crippen LogP contribution in [0.2, 0.25) is 0 Å². The third-order valence-electron chi connectivity index (χ3n) is 2.55. The molecule has 0 fully saturated rings. The Balaban J connectivity index is 2.18. The molecule has 4 N–H and O–H groups in total. The number of aryl methyl sites for hydroxylation is 1. The zero-order chi connectivity index (χ0) is 13.8. The molecule has 1 heterocycles. The van der Waals surface area contributed by atoms with Gasteiger partial charge in [0.1, 0.15) is 11.5 Å². The molecule has 1 aromatic heterocycles. The predicted molar refractivity (Wildman–Crippen MR) is 78.9 cm³/mol. The van der Waals surface area contributed by atoms with Crippen LogP contribution in [0.25, 0.3) is 0 Å². The molecule has 2 aromatic rings. The molecule has 0 atom stereocenters. The molecule has 0 spiro atoms. The average Bonchev–Trinajstić information content (AvgIpc) is 2.43. The fraction of sp³-hybridized carbons (Fsp3) is 0.0769. The van der Waals surface area contributed by atoms with Gasteiger partial charge in [-0.15, -0.1) is 0 Å². The number of benzene rings is 1. The van der Waals surface area contributed by atoms with Gasteiger partial charge in [0, 0.05) is 10.2 Å². The molecule has 0 bridgehead atoms. The number of aromatic nitrogens is 1. The number of nitrogen functional groups attached to an aromatic ring is 1. The third kappa shape index (κ3) is 3.30. The van der Waals surface area contributed by atoms with Gasteiger partial charge in [-0.25, -0.2) is 10.8 Å². The van der Waals surface area contributed by atoms with Crippen molar-refractivity contribution in [3.63, 3.8) is 0 Å². The number of rotatable bonds is 3. The highest BCUT2D eigenvalue weighted by Crippen LogP contribution is 2.20. The minimum absolute atomic E-state index is 0.279. The summed E-state index contributed by atoms with van der Waals surface area (Å²) >= 11 is 3.41. The second kappa shape index (κ2) is 5.81. The van der Waals surface area contributed by atoms with Gasteiger partial charge in [0.25, 0.3) is 5.91 Å². The van der Waals surface area contributed by atoms with E-state index in [1.165, 1.54) is 0 Å². The van der Waals surface area contributed by atoms with Crippen molar-refractivity contribution < 1.29 is 4.79 Å². The highest BCUT2D eigenvalue weighted by molar-refractivity contribution is 9.10. The lowest BCUT2D eigenvalue weighted by Crippen LogP contribution is -2.16. The van der Waals surface area contributed by atoms with Crippen molar-refractivity contribution in [2.75, 3.05) is 10.7 Å². The third-order valence-corrected chi connectivity index (χ3v) is 3.44. The number of pyridine rings is 1. The summed E-state index contributed by atoms with van der Waals surface area (Å²) in [5, 5.41) is 2.79. The van der Waals surface area contributed by atoms with Crippen LogP contribution in [-0.4, -0.2) is 10.9 Å². The zero-order valence-corrected chi connectivity index (χ0v) is 11.9. The molecule has 0 aliphatic carbocycles. The number of nitrogens with zero attached hydrogens (tertiary/aromatic N) is 1. The van der Waals surface area contributed by atoms with E-state index in [1.807, 2.05) is 25.1 Å². The molecule has 0 aliphatic rings. The van der Waals surface area contributed by atoms with E-state index in [0.29, 0.717) is 11.5 Å². The molecular formula is C13H13BrN4O. The van der Waals surface area contributed by atoms with Crippen molar-refractivity contribution in [2.45, 2.75) is 6.92 Å². The maximum Gasteiger partial charge on any atom is 0.274 e. The maximum absolute atomic E-state index is 12.0. The highest BCUT2D eigenvalue weighted by atomic mass is 79.9. The topological polar surface area (TPSA) is 80.0 Å². The number of carbonyl (C=O) groups excluding carboxylic acids is 1. The summed E-state index contributed by atoms with van der Waals surface area (Å²) in [6, 6.07) is 10.6. The van der Waals surface area contributed by atoms with Crippen LogP contribution in [0.15, 0.2) is 40.9 Å². The molecule has 2 rings (SSSR count). The summed E-state index contributed by atoms with van der Waals surface area (Å²) in [5.74, 6) is 5.42. The highest BCUT2D eigenvalue weighted by Gasteiger charge is 2.08. The fourth-order valence-corrected chi connectivity index (χ4v) is 1.81. The minimum Gasteiger partial charge on any atom is -0.321 e. The zero-order valence-electron chi connectivity index (χ0n) is 10.3. The van der Waals surface area contributed by atoms with Crippen LogP contribution in [-0.2, 0) is 0 Å². The van der Waals surface area contributed by atoms with E-state index in [9.17, 15) is 4.79 Å². The molecule has 98 valence electrons. The van der Waals surface area contributed by atoms with Crippen LogP contribution in [0, 0.1) is 6.92 Å². The minimum atomic E-state index is -0.279. The van der Waals surface area contributed by atoms with E-state index in [0.717, 1.165) is 15.7 Å². The number of halogens is 1. The number of nitrogens with two attached hydrogens (primary N) is 1. The number of hydrogen-bond donors (Lipinski definition) is 3. The first-order chi connectivity index (χ1) is 9.10. The van der Waals surface area contributed by atoms with Crippen LogP contribution in [0.1, 0.15) is 16.1 Å². The van der Waals surface area contributed by atoms with Crippen molar-refractivity contribution in [1.82, 2.24) is 4.98 Å². The van der Waals surface area contributed by atoms with E-state index in [-0.39, 0.29) is 5.91 Å². The van der Waals surface area contributed by atoms with Gasteiger partial charge in [-0.1, -0.05) is 22.0 Å². The lowest BCUT2D eigenvalue weighted by Gasteiger charge is -2.07. The van der Waals surface area contributed by atoms with E-state index < -0.39 is 0 Å². The van der Waals surface area contributed by atoms with Crippen molar-refractivity contribution in [1.29, 1.82) is 0 Å². The van der Waals surface area contributed by atoms with E-state index in [2.05, 4.69) is 31.7 Å². The molecule has 0 aliphatic heterocycles. The Morgan fingerprint density at radius 1 is 1.32 bits per heavy atom. The number of hydrogen-bond acceptors (Lipinski definition) is 4. The summed E-state index contributed by atoms with van der Waals surface area (Å²) in [6.45, 7) is 1.96. The molecule has 0 unspecified atom stereocenters. The van der Waals surface area contributed by atoms with Crippen molar-refractivity contribution in [3.8, 4) is 0 Å². The normalized spacial score (nSPS) is 10.1. The van der Waals surface area contributed by atoms with E-state index in [4.69, 9.17) is 5.84 Å². The van der Waals surface area contributed by atoms with Gasteiger partial charge in [0.05, 0.1) is 0 Å². The smallest absolute Gasteiger partial charge is 0.274 e. The first-order valence-electron chi connectivity index (χ1n) is 5.61. The van der Waals surface area contributed by atoms with Gasteiger partial charge >= 0.3 is 0 Å². The van der Waals surface area contributed by atoms with Gasteiger partial charge in [-0.2, -0.15) is 0 Å². The Morgan fingerprint density at radius 2 is 2.11 bits per heavy atom. The monoisotopic (exact) mass is 320 g/mol. The number of anilines is 2. The number of hydrazine groups is 1. The largest absolute Gasteiger partial charge is 0.321 e. The van der Waals surface area contributed by atoms with Crippen molar-refractivity contribution in [2.24, 2.45) is 5.84 Å². The van der Waals surface area contributed by atoms with Gasteiger partial charge in [-0.3, -0.25) is 4.79 Å². The first-order valence-corrected chi connectivity index (χ1v) is 6.40. The number of nitrogens with one attached hydrogen (secondary N) is 2. The average molecular weight is 321 g/mol. The molecular weight excluding hydrogens is 308 g/mol. The van der Waals surface area contributed by atoms with Crippen LogP contribution in [0.5, 0.6) is 0 Å². The Bertz CT molecular complexity index is 615.